The maximum atomic E-state index is 12.5. The Morgan fingerprint density at radius 2 is 2.12 bits per heavy atom. The highest BCUT2D eigenvalue weighted by Gasteiger charge is 2.32. The van der Waals surface area contributed by atoms with Gasteiger partial charge in [0.25, 0.3) is 0 Å². The first-order valence-corrected chi connectivity index (χ1v) is 6.34. The van der Waals surface area contributed by atoms with Gasteiger partial charge in [-0.2, -0.15) is 0 Å². The van der Waals surface area contributed by atoms with Crippen molar-refractivity contribution < 1.29 is 4.79 Å². The van der Waals surface area contributed by atoms with E-state index in [1.807, 2.05) is 42.2 Å². The largest absolute Gasteiger partial charge is 0.313 e. The monoisotopic (exact) mass is 232 g/mol. The van der Waals surface area contributed by atoms with Crippen LogP contribution in [0.1, 0.15) is 20.3 Å². The molecule has 92 valence electrons. The van der Waals surface area contributed by atoms with E-state index in [4.69, 9.17) is 0 Å². The number of amides is 1. The lowest BCUT2D eigenvalue weighted by Crippen LogP contribution is -2.40. The third kappa shape index (κ3) is 2.50. The van der Waals surface area contributed by atoms with E-state index in [2.05, 4.69) is 12.2 Å². The standard InChI is InChI=1S/C14H20N2O/c1-3-16(12-7-5-4-6-8-12)14(17)13-9-10-15-11(13)2/h4-8,11,13,15H,3,9-10H2,1-2H3. The Morgan fingerprint density at radius 1 is 1.41 bits per heavy atom. The molecule has 2 atom stereocenters. The number of nitrogens with one attached hydrogen (secondary N) is 1. The summed E-state index contributed by atoms with van der Waals surface area (Å²) in [6.07, 6.45) is 0.948. The molecule has 1 aromatic rings. The van der Waals surface area contributed by atoms with Crippen molar-refractivity contribution >= 4 is 11.6 Å². The average molecular weight is 232 g/mol. The Hall–Kier alpha value is -1.35. The molecule has 1 aromatic carbocycles. The van der Waals surface area contributed by atoms with E-state index in [1.165, 1.54) is 0 Å². The molecule has 1 N–H and O–H groups in total. The van der Waals surface area contributed by atoms with Crippen LogP contribution in [0.4, 0.5) is 5.69 Å². The second-order valence-corrected chi connectivity index (χ2v) is 4.56. The highest BCUT2D eigenvalue weighted by molar-refractivity contribution is 5.95. The molecule has 0 spiro atoms. The highest BCUT2D eigenvalue weighted by Crippen LogP contribution is 2.22. The van der Waals surface area contributed by atoms with Crippen LogP contribution in [-0.4, -0.2) is 25.0 Å². The molecule has 2 unspecified atom stereocenters. The van der Waals surface area contributed by atoms with Crippen LogP contribution >= 0.6 is 0 Å². The molecule has 1 heterocycles. The first-order chi connectivity index (χ1) is 8.24. The molecule has 0 aliphatic carbocycles. The van der Waals surface area contributed by atoms with E-state index in [0.717, 1.165) is 25.2 Å². The number of benzene rings is 1. The van der Waals surface area contributed by atoms with Crippen LogP contribution in [0.5, 0.6) is 0 Å². The maximum absolute atomic E-state index is 12.5. The van der Waals surface area contributed by atoms with Crippen LogP contribution in [0.15, 0.2) is 30.3 Å². The van der Waals surface area contributed by atoms with Gasteiger partial charge in [-0.25, -0.2) is 0 Å². The maximum Gasteiger partial charge on any atom is 0.231 e. The molecule has 1 aliphatic heterocycles. The van der Waals surface area contributed by atoms with Crippen molar-refractivity contribution in [2.24, 2.45) is 5.92 Å². The van der Waals surface area contributed by atoms with Crippen LogP contribution in [-0.2, 0) is 4.79 Å². The first kappa shape index (κ1) is 12.1. The van der Waals surface area contributed by atoms with Gasteiger partial charge >= 0.3 is 0 Å². The molecule has 3 nitrogen and oxygen atoms in total. The Kier molecular flexibility index (Phi) is 3.79. The first-order valence-electron chi connectivity index (χ1n) is 6.34. The molecule has 0 bridgehead atoms. The number of carbonyl (C=O) groups excluding carboxylic acids is 1. The second kappa shape index (κ2) is 5.32. The van der Waals surface area contributed by atoms with Crippen LogP contribution in [0.3, 0.4) is 0 Å². The van der Waals surface area contributed by atoms with Crippen molar-refractivity contribution in [1.82, 2.24) is 5.32 Å². The van der Waals surface area contributed by atoms with Gasteiger partial charge in [-0.05, 0) is 38.9 Å². The third-order valence-electron chi connectivity index (χ3n) is 3.49. The number of rotatable bonds is 3. The number of hydrogen-bond donors (Lipinski definition) is 1. The van der Waals surface area contributed by atoms with E-state index in [9.17, 15) is 4.79 Å². The molecule has 3 heteroatoms. The smallest absolute Gasteiger partial charge is 0.231 e. The number of para-hydroxylation sites is 1. The van der Waals surface area contributed by atoms with Gasteiger partial charge < -0.3 is 10.2 Å². The van der Waals surface area contributed by atoms with Crippen LogP contribution < -0.4 is 10.2 Å². The van der Waals surface area contributed by atoms with Gasteiger partial charge in [0.2, 0.25) is 5.91 Å². The lowest BCUT2D eigenvalue weighted by atomic mass is 10.00. The number of nitrogens with zero attached hydrogens (tertiary/aromatic N) is 1. The van der Waals surface area contributed by atoms with Crippen molar-refractivity contribution in [2.45, 2.75) is 26.3 Å². The average Bonchev–Trinajstić information content (AvgIpc) is 2.77. The summed E-state index contributed by atoms with van der Waals surface area (Å²) >= 11 is 0. The molecule has 1 amide bonds. The van der Waals surface area contributed by atoms with Gasteiger partial charge in [-0.15, -0.1) is 0 Å². The lowest BCUT2D eigenvalue weighted by molar-refractivity contribution is -0.122. The van der Waals surface area contributed by atoms with E-state index < -0.39 is 0 Å². The van der Waals surface area contributed by atoms with Crippen molar-refractivity contribution in [2.75, 3.05) is 18.0 Å². The number of carbonyl (C=O) groups is 1. The Bertz CT molecular complexity index is 377. The molecular formula is C14H20N2O. The molecule has 17 heavy (non-hydrogen) atoms. The van der Waals surface area contributed by atoms with Gasteiger partial charge in [0.05, 0.1) is 5.92 Å². The molecule has 0 saturated carbocycles. The SMILES string of the molecule is CCN(C(=O)C1CCNC1C)c1ccccc1. The van der Waals surface area contributed by atoms with Gasteiger partial charge in [0.15, 0.2) is 0 Å². The minimum absolute atomic E-state index is 0.121. The minimum atomic E-state index is 0.121. The molecular weight excluding hydrogens is 212 g/mol. The zero-order valence-corrected chi connectivity index (χ0v) is 10.5. The normalized spacial score (nSPS) is 23.6. The fourth-order valence-electron chi connectivity index (χ4n) is 2.47. The van der Waals surface area contributed by atoms with Crippen LogP contribution in [0, 0.1) is 5.92 Å². The zero-order chi connectivity index (χ0) is 12.3. The molecule has 1 saturated heterocycles. The molecule has 2 rings (SSSR count). The van der Waals surface area contributed by atoms with Crippen LogP contribution in [0.2, 0.25) is 0 Å². The Balaban J connectivity index is 2.16. The summed E-state index contributed by atoms with van der Waals surface area (Å²) in [6, 6.07) is 10.2. The van der Waals surface area contributed by atoms with Crippen molar-refractivity contribution in [3.63, 3.8) is 0 Å². The summed E-state index contributed by atoms with van der Waals surface area (Å²) in [6.45, 7) is 5.79. The molecule has 1 aliphatic rings. The summed E-state index contributed by atoms with van der Waals surface area (Å²) in [5, 5.41) is 3.33. The quantitative estimate of drug-likeness (QED) is 0.865. The van der Waals surface area contributed by atoms with E-state index in [1.54, 1.807) is 0 Å². The minimum Gasteiger partial charge on any atom is -0.313 e. The summed E-state index contributed by atoms with van der Waals surface area (Å²) < 4.78 is 0. The number of anilines is 1. The summed E-state index contributed by atoms with van der Waals surface area (Å²) in [5.41, 5.74) is 0.999. The highest BCUT2D eigenvalue weighted by atomic mass is 16.2. The fraction of sp³-hybridized carbons (Fsp3) is 0.500. The van der Waals surface area contributed by atoms with Crippen molar-refractivity contribution in [3.05, 3.63) is 30.3 Å². The topological polar surface area (TPSA) is 32.3 Å². The van der Waals surface area contributed by atoms with Gasteiger partial charge in [-0.1, -0.05) is 18.2 Å². The predicted molar refractivity (Wildman–Crippen MR) is 70.0 cm³/mol. The van der Waals surface area contributed by atoms with Gasteiger partial charge in [0.1, 0.15) is 0 Å². The lowest BCUT2D eigenvalue weighted by Gasteiger charge is -2.26. The summed E-state index contributed by atoms with van der Waals surface area (Å²) in [5.74, 6) is 0.367. The van der Waals surface area contributed by atoms with Crippen molar-refractivity contribution in [1.29, 1.82) is 0 Å². The third-order valence-corrected chi connectivity index (χ3v) is 3.49. The summed E-state index contributed by atoms with van der Waals surface area (Å²) in [7, 11) is 0. The van der Waals surface area contributed by atoms with E-state index >= 15 is 0 Å². The predicted octanol–water partition coefficient (Wildman–Crippen LogP) is 2.04. The van der Waals surface area contributed by atoms with E-state index in [0.29, 0.717) is 6.04 Å². The second-order valence-electron chi connectivity index (χ2n) is 4.56. The van der Waals surface area contributed by atoms with E-state index in [-0.39, 0.29) is 11.8 Å². The Labute approximate surface area is 103 Å². The van der Waals surface area contributed by atoms with Gasteiger partial charge in [-0.3, -0.25) is 4.79 Å². The zero-order valence-electron chi connectivity index (χ0n) is 10.5. The van der Waals surface area contributed by atoms with Crippen molar-refractivity contribution in [3.8, 4) is 0 Å². The molecule has 0 radical (unpaired) electrons. The summed E-state index contributed by atoms with van der Waals surface area (Å²) in [4.78, 5) is 14.4. The number of hydrogen-bond acceptors (Lipinski definition) is 2. The Morgan fingerprint density at radius 3 is 2.65 bits per heavy atom. The van der Waals surface area contributed by atoms with Gasteiger partial charge in [0, 0.05) is 18.3 Å². The molecule has 0 aromatic heterocycles. The fourth-order valence-corrected chi connectivity index (χ4v) is 2.47. The molecule has 1 fully saturated rings. The van der Waals surface area contributed by atoms with Crippen LogP contribution in [0.25, 0.3) is 0 Å².